The van der Waals surface area contributed by atoms with Gasteiger partial charge in [0, 0.05) is 38.3 Å². The van der Waals surface area contributed by atoms with Crippen LogP contribution in [0.3, 0.4) is 0 Å². The first-order valence-electron chi connectivity index (χ1n) is 5.69. The topological polar surface area (TPSA) is 38.9 Å². The van der Waals surface area contributed by atoms with Gasteiger partial charge < -0.3 is 4.42 Å². The molecular formula is C14H7ClN2OS. The van der Waals surface area contributed by atoms with Gasteiger partial charge >= 0.3 is 0 Å². The average Bonchev–Trinajstić information content (AvgIpc) is 3.04. The van der Waals surface area contributed by atoms with E-state index in [0.717, 1.165) is 25.9 Å². The monoisotopic (exact) mass is 286 g/mol. The molecule has 19 heavy (non-hydrogen) atoms. The molecule has 0 aliphatic carbocycles. The molecule has 0 aliphatic heterocycles. The minimum Gasteiger partial charge on any atom is -0.446 e. The number of aromatic nitrogens is 2. The van der Waals surface area contributed by atoms with Crippen LogP contribution in [0.25, 0.3) is 31.6 Å². The van der Waals surface area contributed by atoms with Gasteiger partial charge in [-0.05, 0) is 24.3 Å². The summed E-state index contributed by atoms with van der Waals surface area (Å²) in [5.74, 6) is 0. The number of fused-ring (bicyclic) bond motifs is 2. The Labute approximate surface area is 117 Å². The van der Waals surface area contributed by atoms with E-state index in [-0.39, 0.29) is 0 Å². The number of pyridine rings is 2. The summed E-state index contributed by atoms with van der Waals surface area (Å²) in [6.45, 7) is 0. The Balaban J connectivity index is 1.95. The molecule has 92 valence electrons. The highest BCUT2D eigenvalue weighted by molar-refractivity contribution is 7.22. The summed E-state index contributed by atoms with van der Waals surface area (Å²) in [4.78, 5) is 9.52. The van der Waals surface area contributed by atoms with Crippen LogP contribution >= 0.6 is 22.9 Å². The molecule has 5 heteroatoms. The van der Waals surface area contributed by atoms with Crippen LogP contribution in [0.5, 0.6) is 0 Å². The van der Waals surface area contributed by atoms with Gasteiger partial charge in [-0.1, -0.05) is 11.6 Å². The number of halogens is 1. The first-order valence-corrected chi connectivity index (χ1v) is 6.88. The highest BCUT2D eigenvalue weighted by atomic mass is 35.5. The van der Waals surface area contributed by atoms with Gasteiger partial charge in [0.05, 0.1) is 6.26 Å². The van der Waals surface area contributed by atoms with Gasteiger partial charge in [0.15, 0.2) is 0 Å². The fraction of sp³-hybridized carbons (Fsp3) is 0. The van der Waals surface area contributed by atoms with E-state index in [0.29, 0.717) is 10.9 Å². The lowest BCUT2D eigenvalue weighted by Gasteiger charge is -1.95. The maximum absolute atomic E-state index is 6.10. The second kappa shape index (κ2) is 4.05. The molecule has 0 fully saturated rings. The zero-order valence-corrected chi connectivity index (χ0v) is 11.2. The molecule has 0 saturated carbocycles. The van der Waals surface area contributed by atoms with E-state index in [9.17, 15) is 0 Å². The number of hydrogen-bond acceptors (Lipinski definition) is 4. The standard InChI is InChI=1S/C14H7ClN2OS/c15-13-10-6-12(19-11(10)1-3-16-13)9-5-8-2-4-18-14(8)17-7-9/h1-7H. The number of rotatable bonds is 1. The van der Waals surface area contributed by atoms with Crippen LogP contribution in [-0.2, 0) is 0 Å². The normalized spacial score (nSPS) is 11.4. The van der Waals surface area contributed by atoms with Crippen molar-refractivity contribution in [3.8, 4) is 10.4 Å². The van der Waals surface area contributed by atoms with Crippen LogP contribution in [0, 0.1) is 0 Å². The summed E-state index contributed by atoms with van der Waals surface area (Å²) in [6.07, 6.45) is 5.19. The number of hydrogen-bond donors (Lipinski definition) is 0. The van der Waals surface area contributed by atoms with Crippen molar-refractivity contribution in [2.75, 3.05) is 0 Å². The first-order chi connectivity index (χ1) is 9.31. The van der Waals surface area contributed by atoms with Gasteiger partial charge in [0.1, 0.15) is 5.15 Å². The molecule has 4 aromatic rings. The zero-order chi connectivity index (χ0) is 12.8. The molecule has 4 rings (SSSR count). The van der Waals surface area contributed by atoms with Crippen LogP contribution in [0.1, 0.15) is 0 Å². The average molecular weight is 287 g/mol. The maximum atomic E-state index is 6.10. The van der Waals surface area contributed by atoms with E-state index in [1.165, 1.54) is 0 Å². The Morgan fingerprint density at radius 1 is 1.16 bits per heavy atom. The molecule has 4 aromatic heterocycles. The van der Waals surface area contributed by atoms with Gasteiger partial charge in [-0.3, -0.25) is 0 Å². The van der Waals surface area contributed by atoms with Crippen LogP contribution in [0.15, 0.2) is 47.3 Å². The van der Waals surface area contributed by atoms with Crippen LogP contribution < -0.4 is 0 Å². The summed E-state index contributed by atoms with van der Waals surface area (Å²) in [5.41, 5.74) is 1.72. The molecule has 4 heterocycles. The van der Waals surface area contributed by atoms with E-state index in [1.54, 1.807) is 23.8 Å². The summed E-state index contributed by atoms with van der Waals surface area (Å²) in [7, 11) is 0. The van der Waals surface area contributed by atoms with E-state index < -0.39 is 0 Å². The van der Waals surface area contributed by atoms with Crippen molar-refractivity contribution in [2.45, 2.75) is 0 Å². The Morgan fingerprint density at radius 3 is 3.00 bits per heavy atom. The summed E-state index contributed by atoms with van der Waals surface area (Å²) in [5, 5.41) is 2.52. The predicted octanol–water partition coefficient (Wildman–Crippen LogP) is 4.76. The molecule has 0 saturated heterocycles. The summed E-state index contributed by atoms with van der Waals surface area (Å²) < 4.78 is 6.38. The van der Waals surface area contributed by atoms with Gasteiger partial charge in [0.2, 0.25) is 5.71 Å². The molecule has 3 nitrogen and oxygen atoms in total. The highest BCUT2D eigenvalue weighted by Crippen LogP contribution is 2.36. The van der Waals surface area contributed by atoms with E-state index in [1.807, 2.05) is 18.3 Å². The molecule has 0 bridgehead atoms. The van der Waals surface area contributed by atoms with Gasteiger partial charge in [-0.2, -0.15) is 0 Å². The van der Waals surface area contributed by atoms with Crippen LogP contribution in [-0.4, -0.2) is 9.97 Å². The lowest BCUT2D eigenvalue weighted by atomic mass is 10.2. The van der Waals surface area contributed by atoms with Gasteiger partial charge in [-0.25, -0.2) is 9.97 Å². The van der Waals surface area contributed by atoms with Crippen molar-refractivity contribution in [1.82, 2.24) is 9.97 Å². The van der Waals surface area contributed by atoms with E-state index in [4.69, 9.17) is 16.0 Å². The second-order valence-electron chi connectivity index (χ2n) is 4.16. The molecule has 0 radical (unpaired) electrons. The summed E-state index contributed by atoms with van der Waals surface area (Å²) >= 11 is 7.78. The Morgan fingerprint density at radius 2 is 2.11 bits per heavy atom. The summed E-state index contributed by atoms with van der Waals surface area (Å²) in [6, 6.07) is 8.00. The Bertz CT molecular complexity index is 897. The molecule has 0 aromatic carbocycles. The minimum atomic E-state index is 0.539. The fourth-order valence-electron chi connectivity index (χ4n) is 2.07. The third-order valence-corrected chi connectivity index (χ3v) is 4.44. The Hall–Kier alpha value is -1.91. The molecular weight excluding hydrogens is 280 g/mol. The van der Waals surface area contributed by atoms with Gasteiger partial charge in [-0.15, -0.1) is 11.3 Å². The largest absolute Gasteiger partial charge is 0.446 e. The van der Waals surface area contributed by atoms with Crippen LogP contribution in [0.4, 0.5) is 0 Å². The molecule has 0 spiro atoms. The molecule has 0 aliphatic rings. The van der Waals surface area contributed by atoms with Crippen molar-refractivity contribution in [1.29, 1.82) is 0 Å². The third kappa shape index (κ3) is 1.72. The zero-order valence-electron chi connectivity index (χ0n) is 9.63. The Kier molecular flexibility index (Phi) is 2.33. The van der Waals surface area contributed by atoms with Crippen molar-refractivity contribution in [2.24, 2.45) is 0 Å². The van der Waals surface area contributed by atoms with Crippen molar-refractivity contribution in [3.05, 3.63) is 48.1 Å². The lowest BCUT2D eigenvalue weighted by molar-refractivity contribution is 0.603. The predicted molar refractivity (Wildman–Crippen MR) is 77.6 cm³/mol. The minimum absolute atomic E-state index is 0.539. The maximum Gasteiger partial charge on any atom is 0.225 e. The van der Waals surface area contributed by atoms with Crippen molar-refractivity contribution in [3.63, 3.8) is 0 Å². The lowest BCUT2D eigenvalue weighted by Crippen LogP contribution is -1.76. The molecule has 0 amide bonds. The fourth-order valence-corrected chi connectivity index (χ4v) is 3.37. The smallest absolute Gasteiger partial charge is 0.225 e. The molecule has 0 N–H and O–H groups in total. The first kappa shape index (κ1) is 11.0. The quantitative estimate of drug-likeness (QED) is 0.474. The number of furan rings is 1. The van der Waals surface area contributed by atoms with Crippen LogP contribution in [0.2, 0.25) is 5.15 Å². The van der Waals surface area contributed by atoms with Crippen molar-refractivity contribution >= 4 is 44.1 Å². The molecule has 0 unspecified atom stereocenters. The van der Waals surface area contributed by atoms with Crippen molar-refractivity contribution < 1.29 is 4.42 Å². The third-order valence-electron chi connectivity index (χ3n) is 2.99. The number of thiophene rings is 1. The molecule has 0 atom stereocenters. The number of nitrogens with zero attached hydrogens (tertiary/aromatic N) is 2. The van der Waals surface area contributed by atoms with E-state index in [2.05, 4.69) is 22.1 Å². The SMILES string of the molecule is Clc1nccc2sc(-c3cnc4occc4c3)cc12. The highest BCUT2D eigenvalue weighted by Gasteiger charge is 2.09. The van der Waals surface area contributed by atoms with Gasteiger partial charge in [0.25, 0.3) is 0 Å². The second-order valence-corrected chi connectivity index (χ2v) is 5.60. The van der Waals surface area contributed by atoms with E-state index >= 15 is 0 Å².